The van der Waals surface area contributed by atoms with Crippen molar-refractivity contribution >= 4 is 41.3 Å². The summed E-state index contributed by atoms with van der Waals surface area (Å²) in [5, 5.41) is 11.8. The molecular formula is C15H22F3IN6S. The van der Waals surface area contributed by atoms with Crippen LogP contribution in [0.15, 0.2) is 28.8 Å². The van der Waals surface area contributed by atoms with Crippen LogP contribution >= 0.6 is 35.3 Å². The molecule has 0 fully saturated rings. The van der Waals surface area contributed by atoms with Crippen LogP contribution in [0.2, 0.25) is 0 Å². The van der Waals surface area contributed by atoms with E-state index in [-0.39, 0.29) is 24.0 Å². The van der Waals surface area contributed by atoms with Gasteiger partial charge in [-0.05, 0) is 19.4 Å². The lowest BCUT2D eigenvalue weighted by molar-refractivity contribution is -0.140. The third-order valence-electron chi connectivity index (χ3n) is 3.19. The normalized spacial score (nSPS) is 11.9. The van der Waals surface area contributed by atoms with Gasteiger partial charge < -0.3 is 10.6 Å². The van der Waals surface area contributed by atoms with Crippen LogP contribution in [0.4, 0.5) is 13.2 Å². The zero-order chi connectivity index (χ0) is 18.1. The molecule has 2 aromatic heterocycles. The van der Waals surface area contributed by atoms with E-state index in [9.17, 15) is 13.2 Å². The summed E-state index contributed by atoms with van der Waals surface area (Å²) in [5.41, 5.74) is -0.827. The lowest BCUT2D eigenvalue weighted by Crippen LogP contribution is -2.38. The molecule has 0 radical (unpaired) electrons. The summed E-state index contributed by atoms with van der Waals surface area (Å²) in [6.45, 7) is 4.55. The maximum atomic E-state index is 12.5. The smallest absolute Gasteiger partial charge is 0.357 e. The van der Waals surface area contributed by atoms with E-state index in [1.807, 2.05) is 23.9 Å². The molecule has 26 heavy (non-hydrogen) atoms. The molecule has 2 aromatic rings. The highest BCUT2D eigenvalue weighted by Gasteiger charge is 2.33. The van der Waals surface area contributed by atoms with Crippen LogP contribution in [0.1, 0.15) is 24.0 Å². The van der Waals surface area contributed by atoms with Gasteiger partial charge in [0.05, 0.1) is 5.01 Å². The molecule has 146 valence electrons. The van der Waals surface area contributed by atoms with E-state index < -0.39 is 11.9 Å². The van der Waals surface area contributed by atoms with E-state index in [0.29, 0.717) is 37.0 Å². The second kappa shape index (κ2) is 11.4. The molecule has 0 aromatic carbocycles. The van der Waals surface area contributed by atoms with Crippen molar-refractivity contribution in [1.29, 1.82) is 0 Å². The van der Waals surface area contributed by atoms with E-state index in [1.165, 1.54) is 0 Å². The van der Waals surface area contributed by atoms with Gasteiger partial charge in [-0.2, -0.15) is 18.3 Å². The molecule has 2 rings (SSSR count). The Morgan fingerprint density at radius 3 is 2.77 bits per heavy atom. The Balaban J connectivity index is 0.00000338. The van der Waals surface area contributed by atoms with Gasteiger partial charge in [0.2, 0.25) is 0 Å². The third kappa shape index (κ3) is 7.89. The maximum absolute atomic E-state index is 12.5. The van der Waals surface area contributed by atoms with Gasteiger partial charge in [0, 0.05) is 50.4 Å². The van der Waals surface area contributed by atoms with Crippen molar-refractivity contribution in [3.63, 3.8) is 0 Å². The number of nitrogens with one attached hydrogen (secondary N) is 2. The number of hydrogen-bond donors (Lipinski definition) is 2. The number of aromatic nitrogens is 3. The first-order valence-corrected chi connectivity index (χ1v) is 8.88. The van der Waals surface area contributed by atoms with Gasteiger partial charge in [-0.1, -0.05) is 0 Å². The minimum Gasteiger partial charge on any atom is -0.357 e. The SMILES string of the molecule is CCNC(=NCCCn1cccn1)NCCc1nc(C(F)(F)F)cs1.I. The van der Waals surface area contributed by atoms with E-state index in [4.69, 9.17) is 0 Å². The molecule has 0 spiro atoms. The predicted molar refractivity (Wildman–Crippen MR) is 107 cm³/mol. The zero-order valence-electron chi connectivity index (χ0n) is 14.3. The van der Waals surface area contributed by atoms with E-state index in [1.54, 1.807) is 6.20 Å². The van der Waals surface area contributed by atoms with Crippen molar-refractivity contribution in [2.75, 3.05) is 19.6 Å². The second-order valence-corrected chi connectivity index (χ2v) is 6.13. The molecule has 0 aliphatic rings. The monoisotopic (exact) mass is 502 g/mol. The molecule has 2 heterocycles. The molecule has 6 nitrogen and oxygen atoms in total. The number of guanidine groups is 1. The summed E-state index contributed by atoms with van der Waals surface area (Å²) in [5.74, 6) is 0.649. The summed E-state index contributed by atoms with van der Waals surface area (Å²) in [6, 6.07) is 1.87. The Morgan fingerprint density at radius 2 is 2.15 bits per heavy atom. The molecular weight excluding hydrogens is 480 g/mol. The lowest BCUT2D eigenvalue weighted by Gasteiger charge is -2.10. The van der Waals surface area contributed by atoms with Gasteiger partial charge in [0.25, 0.3) is 0 Å². The van der Waals surface area contributed by atoms with Crippen molar-refractivity contribution in [3.8, 4) is 0 Å². The fourth-order valence-corrected chi connectivity index (χ4v) is 2.85. The highest BCUT2D eigenvalue weighted by molar-refractivity contribution is 14.0. The third-order valence-corrected chi connectivity index (χ3v) is 4.10. The molecule has 0 atom stereocenters. The number of halogens is 4. The van der Waals surface area contributed by atoms with Crippen LogP contribution < -0.4 is 10.6 Å². The summed E-state index contributed by atoms with van der Waals surface area (Å²) in [4.78, 5) is 8.06. The second-order valence-electron chi connectivity index (χ2n) is 5.18. The summed E-state index contributed by atoms with van der Waals surface area (Å²) < 4.78 is 39.4. The molecule has 11 heteroatoms. The van der Waals surface area contributed by atoms with Crippen LogP contribution in [0.5, 0.6) is 0 Å². The zero-order valence-corrected chi connectivity index (χ0v) is 17.4. The standard InChI is InChI=1S/C15H21F3N6S.HI/c1-2-19-14(20-6-3-9-24-10-4-7-22-24)21-8-5-13-23-12(11-25-13)15(16,17)18;/h4,7,10-11H,2-3,5-6,8-9H2,1H3,(H2,19,20,21);1H. The predicted octanol–water partition coefficient (Wildman–Crippen LogP) is 3.16. The van der Waals surface area contributed by atoms with Gasteiger partial charge >= 0.3 is 6.18 Å². The Kier molecular flexibility index (Phi) is 9.91. The van der Waals surface area contributed by atoms with Crippen LogP contribution in [-0.2, 0) is 19.1 Å². The average Bonchev–Trinajstić information content (AvgIpc) is 3.22. The van der Waals surface area contributed by atoms with Crippen molar-refractivity contribution in [1.82, 2.24) is 25.4 Å². The topological polar surface area (TPSA) is 67.1 Å². The van der Waals surface area contributed by atoms with Crippen molar-refractivity contribution in [2.24, 2.45) is 4.99 Å². The molecule has 2 N–H and O–H groups in total. The first-order valence-electron chi connectivity index (χ1n) is 8.00. The van der Waals surface area contributed by atoms with E-state index in [2.05, 4.69) is 25.7 Å². The molecule has 0 amide bonds. The summed E-state index contributed by atoms with van der Waals surface area (Å²) in [6.07, 6.45) is 0.513. The number of nitrogens with zero attached hydrogens (tertiary/aromatic N) is 4. The minimum absolute atomic E-state index is 0. The molecule has 0 saturated carbocycles. The van der Waals surface area contributed by atoms with Crippen molar-refractivity contribution < 1.29 is 13.2 Å². The van der Waals surface area contributed by atoms with Crippen LogP contribution in [0.3, 0.4) is 0 Å². The molecule has 0 aliphatic carbocycles. The Bertz CT molecular complexity index is 657. The maximum Gasteiger partial charge on any atom is 0.434 e. The highest BCUT2D eigenvalue weighted by Crippen LogP contribution is 2.29. The average molecular weight is 502 g/mol. The number of hydrogen-bond acceptors (Lipinski definition) is 4. The van der Waals surface area contributed by atoms with Gasteiger partial charge in [-0.25, -0.2) is 4.98 Å². The van der Waals surface area contributed by atoms with Crippen molar-refractivity contribution in [2.45, 2.75) is 32.5 Å². The number of thiazole rings is 1. The number of aliphatic imine (C=N–C) groups is 1. The first kappa shape index (κ1) is 22.7. The highest BCUT2D eigenvalue weighted by atomic mass is 127. The Labute approximate surface area is 171 Å². The molecule has 0 saturated heterocycles. The van der Waals surface area contributed by atoms with Crippen LogP contribution in [-0.4, -0.2) is 40.4 Å². The quantitative estimate of drug-likeness (QED) is 0.252. The fourth-order valence-electron chi connectivity index (χ4n) is 2.04. The molecule has 0 unspecified atom stereocenters. The Hall–Kier alpha value is -1.37. The summed E-state index contributed by atoms with van der Waals surface area (Å²) in [7, 11) is 0. The molecule has 0 bridgehead atoms. The van der Waals surface area contributed by atoms with Gasteiger partial charge in [-0.3, -0.25) is 9.67 Å². The van der Waals surface area contributed by atoms with E-state index >= 15 is 0 Å². The molecule has 0 aliphatic heterocycles. The van der Waals surface area contributed by atoms with Gasteiger partial charge in [-0.15, -0.1) is 35.3 Å². The first-order chi connectivity index (χ1) is 12.0. The van der Waals surface area contributed by atoms with E-state index in [0.717, 1.165) is 29.7 Å². The largest absolute Gasteiger partial charge is 0.434 e. The summed E-state index contributed by atoms with van der Waals surface area (Å²) >= 11 is 1.02. The van der Waals surface area contributed by atoms with Crippen molar-refractivity contribution in [3.05, 3.63) is 34.5 Å². The lowest BCUT2D eigenvalue weighted by atomic mass is 10.4. The Morgan fingerprint density at radius 1 is 1.35 bits per heavy atom. The number of aryl methyl sites for hydroxylation is 1. The minimum atomic E-state index is -4.38. The fraction of sp³-hybridized carbons (Fsp3) is 0.533. The van der Waals surface area contributed by atoms with Crippen LogP contribution in [0.25, 0.3) is 0 Å². The van der Waals surface area contributed by atoms with Gasteiger partial charge in [0.15, 0.2) is 11.7 Å². The van der Waals surface area contributed by atoms with Crippen LogP contribution in [0, 0.1) is 0 Å². The number of rotatable bonds is 8. The van der Waals surface area contributed by atoms with Gasteiger partial charge in [0.1, 0.15) is 0 Å². The number of alkyl halides is 3.